The summed E-state index contributed by atoms with van der Waals surface area (Å²) in [5.41, 5.74) is 5.61. The average Bonchev–Trinajstić information content (AvgIpc) is 2.70. The fraction of sp³-hybridized carbons (Fsp3) is 0.840. The second-order valence-corrected chi connectivity index (χ2v) is 8.26. The zero-order valence-electron chi connectivity index (χ0n) is 19.3. The van der Waals surface area contributed by atoms with Gasteiger partial charge in [0.15, 0.2) is 0 Å². The predicted octanol–water partition coefficient (Wildman–Crippen LogP) is 7.00. The predicted molar refractivity (Wildman–Crippen MR) is 123 cm³/mol. The molecule has 0 atom stereocenters. The summed E-state index contributed by atoms with van der Waals surface area (Å²) in [4.78, 5) is 23.0. The van der Waals surface area contributed by atoms with Gasteiger partial charge in [0.25, 0.3) is 0 Å². The highest BCUT2D eigenvalue weighted by molar-refractivity contribution is 5.97. The van der Waals surface area contributed by atoms with Crippen LogP contribution in [0.15, 0.2) is 11.6 Å². The van der Waals surface area contributed by atoms with Crippen LogP contribution in [0.25, 0.3) is 0 Å². The van der Waals surface area contributed by atoms with E-state index in [1.165, 1.54) is 96.0 Å². The Bertz CT molecular complexity index is 432. The Morgan fingerprint density at radius 1 is 0.655 bits per heavy atom. The lowest BCUT2D eigenvalue weighted by Crippen LogP contribution is -2.14. The molecule has 0 heterocycles. The molecule has 1 amide bonds. The van der Waals surface area contributed by atoms with Gasteiger partial charge < -0.3 is 10.5 Å². The average molecular weight is 410 g/mol. The molecule has 0 aliphatic heterocycles. The first-order valence-corrected chi connectivity index (χ1v) is 12.3. The minimum Gasteiger partial charge on any atom is -0.462 e. The summed E-state index contributed by atoms with van der Waals surface area (Å²) in [6, 6.07) is 0. The highest BCUT2D eigenvalue weighted by Crippen LogP contribution is 2.16. The molecule has 0 aliphatic carbocycles. The van der Waals surface area contributed by atoms with Crippen molar-refractivity contribution in [1.29, 1.82) is 0 Å². The molecule has 0 saturated heterocycles. The van der Waals surface area contributed by atoms with Gasteiger partial charge in [-0.15, -0.1) is 0 Å². The molecule has 0 aromatic heterocycles. The number of esters is 1. The molecule has 0 saturated carbocycles. The van der Waals surface area contributed by atoms with Crippen molar-refractivity contribution in [3.8, 4) is 0 Å². The second-order valence-electron chi connectivity index (χ2n) is 8.26. The number of rotatable bonds is 21. The maximum absolute atomic E-state index is 11.9. The Balaban J connectivity index is 3.52. The van der Waals surface area contributed by atoms with Crippen molar-refractivity contribution >= 4 is 11.9 Å². The summed E-state index contributed by atoms with van der Waals surface area (Å²) in [6.07, 6.45) is 23.6. The van der Waals surface area contributed by atoms with E-state index in [9.17, 15) is 9.59 Å². The summed E-state index contributed by atoms with van der Waals surface area (Å²) in [7, 11) is 0. The van der Waals surface area contributed by atoms with Gasteiger partial charge in [0, 0.05) is 11.6 Å². The SMILES string of the molecule is CCCCCCCCCCCCCCCCCC/C(=C/C(N)=O)C(=O)OCCC. The van der Waals surface area contributed by atoms with E-state index in [0.29, 0.717) is 18.6 Å². The van der Waals surface area contributed by atoms with Gasteiger partial charge in [0.2, 0.25) is 5.91 Å². The molecule has 0 fully saturated rings. The third-order valence-corrected chi connectivity index (χ3v) is 5.32. The molecule has 4 nitrogen and oxygen atoms in total. The number of ether oxygens (including phenoxy) is 1. The maximum Gasteiger partial charge on any atom is 0.334 e. The van der Waals surface area contributed by atoms with Crippen LogP contribution in [-0.2, 0) is 14.3 Å². The normalized spacial score (nSPS) is 11.6. The molecule has 2 N–H and O–H groups in total. The van der Waals surface area contributed by atoms with Crippen LogP contribution in [0, 0.1) is 0 Å². The first-order valence-electron chi connectivity index (χ1n) is 12.3. The summed E-state index contributed by atoms with van der Waals surface area (Å²) in [6.45, 7) is 4.60. The van der Waals surface area contributed by atoms with Crippen LogP contribution in [0.4, 0.5) is 0 Å². The molecule has 0 bridgehead atoms. The number of amides is 1. The van der Waals surface area contributed by atoms with E-state index >= 15 is 0 Å². The number of carbonyl (C=O) groups is 2. The molecule has 0 aliphatic rings. The monoisotopic (exact) mass is 409 g/mol. The van der Waals surface area contributed by atoms with Crippen LogP contribution in [-0.4, -0.2) is 18.5 Å². The molecule has 0 spiro atoms. The van der Waals surface area contributed by atoms with Gasteiger partial charge >= 0.3 is 5.97 Å². The number of hydrogen-bond acceptors (Lipinski definition) is 3. The molecule has 0 aromatic rings. The highest BCUT2D eigenvalue weighted by atomic mass is 16.5. The molecular weight excluding hydrogens is 362 g/mol. The van der Waals surface area contributed by atoms with Crippen LogP contribution in [0.1, 0.15) is 129 Å². The number of unbranched alkanes of at least 4 members (excludes halogenated alkanes) is 15. The van der Waals surface area contributed by atoms with Crippen LogP contribution in [0.5, 0.6) is 0 Å². The molecule has 170 valence electrons. The smallest absolute Gasteiger partial charge is 0.334 e. The topological polar surface area (TPSA) is 69.4 Å². The van der Waals surface area contributed by atoms with Crippen LogP contribution in [0.3, 0.4) is 0 Å². The van der Waals surface area contributed by atoms with Gasteiger partial charge in [-0.05, 0) is 19.3 Å². The standard InChI is InChI=1S/C25H47NO3/c1-3-5-6-7-8-9-10-11-12-13-14-15-16-17-18-19-20-23(22-24(26)27)25(28)29-21-4-2/h22H,3-21H2,1-2H3,(H2,26,27)/b23-22-. The number of carbonyl (C=O) groups excluding carboxylic acids is 2. The highest BCUT2D eigenvalue weighted by Gasteiger charge is 2.11. The van der Waals surface area contributed by atoms with Crippen LogP contribution < -0.4 is 5.73 Å². The lowest BCUT2D eigenvalue weighted by atomic mass is 10.0. The van der Waals surface area contributed by atoms with Gasteiger partial charge in [0.1, 0.15) is 0 Å². The molecular formula is C25H47NO3. The van der Waals surface area contributed by atoms with E-state index in [2.05, 4.69) is 6.92 Å². The molecule has 4 heteroatoms. The zero-order chi connectivity index (χ0) is 21.6. The van der Waals surface area contributed by atoms with E-state index in [0.717, 1.165) is 19.3 Å². The van der Waals surface area contributed by atoms with Crippen molar-refractivity contribution in [2.45, 2.75) is 129 Å². The summed E-state index contributed by atoms with van der Waals surface area (Å²) in [5, 5.41) is 0. The third-order valence-electron chi connectivity index (χ3n) is 5.32. The molecule has 0 unspecified atom stereocenters. The van der Waals surface area contributed by atoms with Gasteiger partial charge in [-0.25, -0.2) is 4.79 Å². The van der Waals surface area contributed by atoms with E-state index in [4.69, 9.17) is 10.5 Å². The number of hydrogen-bond donors (Lipinski definition) is 1. The van der Waals surface area contributed by atoms with Crippen molar-refractivity contribution in [1.82, 2.24) is 0 Å². The molecule has 0 radical (unpaired) electrons. The van der Waals surface area contributed by atoms with E-state index in [1.807, 2.05) is 6.92 Å². The lowest BCUT2D eigenvalue weighted by Gasteiger charge is -2.07. The Labute approximate surface area is 180 Å². The van der Waals surface area contributed by atoms with Crippen molar-refractivity contribution in [3.05, 3.63) is 11.6 Å². The lowest BCUT2D eigenvalue weighted by molar-refractivity contribution is -0.139. The quantitative estimate of drug-likeness (QED) is 0.126. The maximum atomic E-state index is 11.9. The van der Waals surface area contributed by atoms with Gasteiger partial charge in [-0.3, -0.25) is 4.79 Å². The first kappa shape index (κ1) is 27.7. The second kappa shape index (κ2) is 21.4. The summed E-state index contributed by atoms with van der Waals surface area (Å²) in [5.74, 6) is -0.975. The molecule has 0 aromatic carbocycles. The first-order chi connectivity index (χ1) is 14.1. The van der Waals surface area contributed by atoms with Crippen molar-refractivity contribution < 1.29 is 14.3 Å². The van der Waals surface area contributed by atoms with Crippen molar-refractivity contribution in [2.24, 2.45) is 5.73 Å². The van der Waals surface area contributed by atoms with Crippen LogP contribution >= 0.6 is 0 Å². The van der Waals surface area contributed by atoms with E-state index < -0.39 is 11.9 Å². The van der Waals surface area contributed by atoms with Crippen molar-refractivity contribution in [3.63, 3.8) is 0 Å². The largest absolute Gasteiger partial charge is 0.462 e. The fourth-order valence-electron chi connectivity index (χ4n) is 3.56. The van der Waals surface area contributed by atoms with Crippen molar-refractivity contribution in [2.75, 3.05) is 6.61 Å². The Morgan fingerprint density at radius 3 is 1.45 bits per heavy atom. The number of nitrogens with two attached hydrogens (primary N) is 1. The Kier molecular flexibility index (Phi) is 20.4. The summed E-state index contributed by atoms with van der Waals surface area (Å²) >= 11 is 0. The van der Waals surface area contributed by atoms with E-state index in [1.54, 1.807) is 0 Å². The van der Waals surface area contributed by atoms with Gasteiger partial charge in [-0.1, -0.05) is 110 Å². The number of primary amides is 1. The Hall–Kier alpha value is -1.32. The van der Waals surface area contributed by atoms with Gasteiger partial charge in [-0.2, -0.15) is 0 Å². The van der Waals surface area contributed by atoms with Gasteiger partial charge in [0.05, 0.1) is 6.61 Å². The third kappa shape index (κ3) is 19.8. The fourth-order valence-corrected chi connectivity index (χ4v) is 3.56. The molecule has 0 rings (SSSR count). The minimum absolute atomic E-state index is 0.383. The Morgan fingerprint density at radius 2 is 1.07 bits per heavy atom. The van der Waals surface area contributed by atoms with Crippen LogP contribution in [0.2, 0.25) is 0 Å². The molecule has 29 heavy (non-hydrogen) atoms. The minimum atomic E-state index is -0.579. The van der Waals surface area contributed by atoms with E-state index in [-0.39, 0.29) is 0 Å². The summed E-state index contributed by atoms with van der Waals surface area (Å²) < 4.78 is 5.12. The zero-order valence-corrected chi connectivity index (χ0v) is 19.3.